The van der Waals surface area contributed by atoms with E-state index in [1.807, 2.05) is 48.5 Å². The maximum Gasteiger partial charge on any atom is 0.264 e. The van der Waals surface area contributed by atoms with E-state index in [1.165, 1.54) is 4.52 Å². The average molecular weight is 628 g/mol. The van der Waals surface area contributed by atoms with E-state index in [-0.39, 0.29) is 28.9 Å². The van der Waals surface area contributed by atoms with Gasteiger partial charge in [-0.1, -0.05) is 42.2 Å². The molecule has 47 heavy (non-hydrogen) atoms. The number of para-hydroxylation sites is 1. The monoisotopic (exact) mass is 627 g/mol. The maximum absolute atomic E-state index is 14.4. The third-order valence-electron chi connectivity index (χ3n) is 8.20. The Bertz CT molecular complexity index is 2290. The molecule has 7 rings (SSSR count). The molecular formula is C34H29N9O4. The lowest BCUT2D eigenvalue weighted by Crippen LogP contribution is -2.51. The number of anilines is 1. The van der Waals surface area contributed by atoms with Gasteiger partial charge in [0.2, 0.25) is 5.91 Å². The Morgan fingerprint density at radius 3 is 2.70 bits per heavy atom. The smallest absolute Gasteiger partial charge is 0.264 e. The predicted octanol–water partition coefficient (Wildman–Crippen LogP) is 2.08. The van der Waals surface area contributed by atoms with E-state index in [1.54, 1.807) is 58.0 Å². The molecule has 2 aromatic carbocycles. The first-order valence-corrected chi connectivity index (χ1v) is 14.9. The Balaban J connectivity index is 1.24. The van der Waals surface area contributed by atoms with Gasteiger partial charge in [0.1, 0.15) is 12.2 Å². The summed E-state index contributed by atoms with van der Waals surface area (Å²) in [6, 6.07) is 17.7. The number of hydrogen-bond acceptors (Lipinski definition) is 8. The summed E-state index contributed by atoms with van der Waals surface area (Å²) < 4.78 is 4.79. The van der Waals surface area contributed by atoms with Gasteiger partial charge in [-0.15, -0.1) is 5.10 Å². The molecule has 2 amide bonds. The lowest BCUT2D eigenvalue weighted by atomic mass is 10.0. The molecule has 1 aliphatic rings. The highest BCUT2D eigenvalue weighted by Gasteiger charge is 2.32. The molecule has 1 atom stereocenters. The zero-order valence-electron chi connectivity index (χ0n) is 25.2. The van der Waals surface area contributed by atoms with Gasteiger partial charge >= 0.3 is 0 Å². The summed E-state index contributed by atoms with van der Waals surface area (Å²) in [5, 5.41) is 21.7. The van der Waals surface area contributed by atoms with Crippen molar-refractivity contribution in [2.45, 2.75) is 19.0 Å². The van der Waals surface area contributed by atoms with Gasteiger partial charge < -0.3 is 21.1 Å². The third kappa shape index (κ3) is 5.36. The Hall–Kier alpha value is -6.26. The van der Waals surface area contributed by atoms with E-state index >= 15 is 0 Å². The van der Waals surface area contributed by atoms with E-state index in [9.17, 15) is 14.4 Å². The Morgan fingerprint density at radius 2 is 1.91 bits per heavy atom. The van der Waals surface area contributed by atoms with Gasteiger partial charge in [0, 0.05) is 48.6 Å². The van der Waals surface area contributed by atoms with Crippen LogP contribution in [0.1, 0.15) is 46.2 Å². The second kappa shape index (κ2) is 11.9. The van der Waals surface area contributed by atoms with Gasteiger partial charge in [0.15, 0.2) is 11.5 Å². The number of benzene rings is 2. The van der Waals surface area contributed by atoms with Crippen molar-refractivity contribution < 1.29 is 14.7 Å². The average Bonchev–Trinajstić information content (AvgIpc) is 3.66. The number of nitrogens with zero attached hydrogens (tertiary/aromatic N) is 7. The topological polar surface area (TPSA) is 166 Å². The maximum atomic E-state index is 14.4. The van der Waals surface area contributed by atoms with E-state index in [4.69, 9.17) is 10.8 Å². The zero-order chi connectivity index (χ0) is 32.7. The van der Waals surface area contributed by atoms with Crippen LogP contribution in [0.2, 0.25) is 0 Å². The number of nitrogen functional groups attached to an aromatic ring is 1. The highest BCUT2D eigenvalue weighted by Crippen LogP contribution is 2.25. The summed E-state index contributed by atoms with van der Waals surface area (Å²) in [5.74, 6) is 5.55. The molecule has 0 aliphatic carbocycles. The Kier molecular flexibility index (Phi) is 7.47. The molecule has 4 N–H and O–H groups in total. The number of carbonyl (C=O) groups is 2. The SMILES string of the molecule is CC(NC(=O)c1c(N)nn2cccnc12)c1cc2cccc(C#Cc3cnn(C4CN(C(=O)CO)C4)c3)c2c(=O)n1-c1ccccc1. The van der Waals surface area contributed by atoms with Gasteiger partial charge in [-0.3, -0.25) is 23.6 Å². The van der Waals surface area contributed by atoms with Gasteiger partial charge in [-0.25, -0.2) is 9.50 Å². The van der Waals surface area contributed by atoms with Crippen molar-refractivity contribution in [2.75, 3.05) is 25.4 Å². The number of amides is 2. The lowest BCUT2D eigenvalue weighted by molar-refractivity contribution is -0.140. The molecule has 234 valence electrons. The second-order valence-electron chi connectivity index (χ2n) is 11.2. The lowest BCUT2D eigenvalue weighted by Gasteiger charge is -2.38. The zero-order valence-corrected chi connectivity index (χ0v) is 25.2. The van der Waals surface area contributed by atoms with Crippen molar-refractivity contribution in [3.05, 3.63) is 118 Å². The van der Waals surface area contributed by atoms with E-state index in [0.29, 0.717) is 52.0 Å². The minimum absolute atomic E-state index is 0.0122. The fourth-order valence-corrected chi connectivity index (χ4v) is 5.78. The van der Waals surface area contributed by atoms with Gasteiger partial charge in [-0.2, -0.15) is 5.10 Å². The minimum atomic E-state index is -0.617. The van der Waals surface area contributed by atoms with Crippen LogP contribution in [0.15, 0.2) is 90.2 Å². The molecular weight excluding hydrogens is 598 g/mol. The second-order valence-corrected chi connectivity index (χ2v) is 11.2. The quantitative estimate of drug-likeness (QED) is 0.236. The number of carbonyl (C=O) groups excluding carboxylic acids is 2. The molecule has 0 radical (unpaired) electrons. The van der Waals surface area contributed by atoms with Gasteiger partial charge in [0.25, 0.3) is 11.5 Å². The number of rotatable bonds is 6. The molecule has 0 saturated carbocycles. The highest BCUT2D eigenvalue weighted by molar-refractivity contribution is 6.04. The molecule has 5 heterocycles. The molecule has 6 aromatic rings. The predicted molar refractivity (Wildman–Crippen MR) is 174 cm³/mol. The van der Waals surface area contributed by atoms with Crippen LogP contribution < -0.4 is 16.6 Å². The van der Waals surface area contributed by atoms with Crippen molar-refractivity contribution in [1.29, 1.82) is 0 Å². The molecule has 0 bridgehead atoms. The fraction of sp³-hybridized carbons (Fsp3) is 0.176. The standard InChI is InChI=1S/C34H29N9O4/c1-21(38-33(46)30-31(35)39-41-14-6-13-36-32(30)41)27-15-24-8-5-7-23(29(24)34(47)43(27)25-9-3-2-4-10-25)12-11-22-16-37-42(17-22)26-18-40(19-26)28(45)20-44/h2-10,13-17,21,26,44H,18-20H2,1H3,(H2,35,39)(H,38,46). The summed E-state index contributed by atoms with van der Waals surface area (Å²) in [6.07, 6.45) is 6.67. The molecule has 13 heteroatoms. The van der Waals surface area contributed by atoms with Crippen LogP contribution in [0.4, 0.5) is 5.82 Å². The molecule has 4 aromatic heterocycles. The van der Waals surface area contributed by atoms with Gasteiger partial charge in [0.05, 0.1) is 29.2 Å². The molecule has 1 fully saturated rings. The van der Waals surface area contributed by atoms with Crippen molar-refractivity contribution in [2.24, 2.45) is 0 Å². The fourth-order valence-electron chi connectivity index (χ4n) is 5.78. The summed E-state index contributed by atoms with van der Waals surface area (Å²) in [5.41, 5.74) is 8.68. The van der Waals surface area contributed by atoms with Crippen molar-refractivity contribution in [3.63, 3.8) is 0 Å². The van der Waals surface area contributed by atoms with E-state index in [0.717, 1.165) is 0 Å². The minimum Gasteiger partial charge on any atom is -0.387 e. The van der Waals surface area contributed by atoms with Crippen LogP contribution >= 0.6 is 0 Å². The normalized spacial score (nSPS) is 13.6. The summed E-state index contributed by atoms with van der Waals surface area (Å²) in [4.78, 5) is 45.3. The van der Waals surface area contributed by atoms with Crippen molar-refractivity contribution in [3.8, 4) is 17.5 Å². The Morgan fingerprint density at radius 1 is 1.11 bits per heavy atom. The van der Waals surface area contributed by atoms with Crippen LogP contribution in [0.5, 0.6) is 0 Å². The summed E-state index contributed by atoms with van der Waals surface area (Å²) in [6.45, 7) is 2.24. The van der Waals surface area contributed by atoms with Crippen LogP contribution in [0, 0.1) is 11.8 Å². The Labute approximate surface area is 267 Å². The van der Waals surface area contributed by atoms with Crippen LogP contribution in [0.25, 0.3) is 22.1 Å². The van der Waals surface area contributed by atoms with Crippen LogP contribution in [-0.2, 0) is 4.79 Å². The van der Waals surface area contributed by atoms with Crippen molar-refractivity contribution >= 4 is 34.1 Å². The molecule has 1 aliphatic heterocycles. The number of nitrogens with two attached hydrogens (primary N) is 1. The van der Waals surface area contributed by atoms with Crippen LogP contribution in [-0.4, -0.2) is 70.5 Å². The molecule has 1 unspecified atom stereocenters. The van der Waals surface area contributed by atoms with Crippen molar-refractivity contribution in [1.82, 2.24) is 39.2 Å². The first-order valence-electron chi connectivity index (χ1n) is 14.9. The number of fused-ring (bicyclic) bond motifs is 2. The number of aliphatic hydroxyl groups excluding tert-OH is 1. The third-order valence-corrected chi connectivity index (χ3v) is 8.20. The molecule has 0 spiro atoms. The largest absolute Gasteiger partial charge is 0.387 e. The molecule has 13 nitrogen and oxygen atoms in total. The number of aromatic nitrogens is 6. The summed E-state index contributed by atoms with van der Waals surface area (Å²) >= 11 is 0. The number of likely N-dealkylation sites (tertiary alicyclic amines) is 1. The van der Waals surface area contributed by atoms with E-state index < -0.39 is 18.6 Å². The first kappa shape index (κ1) is 29.5. The number of nitrogens with one attached hydrogen (secondary N) is 1. The highest BCUT2D eigenvalue weighted by atomic mass is 16.3. The number of pyridine rings is 1. The number of aliphatic hydroxyl groups is 1. The van der Waals surface area contributed by atoms with Gasteiger partial charge in [-0.05, 0) is 42.6 Å². The summed E-state index contributed by atoms with van der Waals surface area (Å²) in [7, 11) is 0. The first-order chi connectivity index (χ1) is 22.8. The van der Waals surface area contributed by atoms with E-state index in [2.05, 4.69) is 32.3 Å². The number of hydrogen-bond donors (Lipinski definition) is 3. The molecule has 1 saturated heterocycles. The van der Waals surface area contributed by atoms with Crippen LogP contribution in [0.3, 0.4) is 0 Å².